The molecule has 0 fully saturated rings. The number of aromatic carboxylic acids is 1. The maximum atomic E-state index is 11.6. The summed E-state index contributed by atoms with van der Waals surface area (Å²) in [5, 5.41) is 15.3. The number of carboxylic acid groups (broad SMARTS) is 1. The van der Waals surface area contributed by atoms with Gasteiger partial charge in [-0.15, -0.1) is 0 Å². The first-order chi connectivity index (χ1) is 8.66. The van der Waals surface area contributed by atoms with Crippen molar-refractivity contribution in [3.63, 3.8) is 0 Å². The average Bonchev–Trinajstić information content (AvgIpc) is 2.99. The number of hydrogen-bond acceptors (Lipinski definition) is 4. The van der Waals surface area contributed by atoms with E-state index in [-0.39, 0.29) is 11.3 Å². The second-order valence-electron chi connectivity index (χ2n) is 3.64. The van der Waals surface area contributed by atoms with Crippen molar-refractivity contribution in [1.82, 2.24) is 5.32 Å². The molecule has 0 aromatic carbocycles. The summed E-state index contributed by atoms with van der Waals surface area (Å²) in [4.78, 5) is 22.2. The number of furan rings is 1. The average molecular weight is 265 g/mol. The number of carbonyl (C=O) groups excluding carboxylic acids is 1. The third-order valence-corrected chi connectivity index (χ3v) is 3.08. The smallest absolute Gasteiger partial charge is 0.338 e. The van der Waals surface area contributed by atoms with Crippen LogP contribution in [0.4, 0.5) is 0 Å². The minimum Gasteiger partial charge on any atom is -0.478 e. The topological polar surface area (TPSA) is 79.5 Å². The highest BCUT2D eigenvalue weighted by Gasteiger charge is 2.13. The highest BCUT2D eigenvalue weighted by molar-refractivity contribution is 7.07. The Bertz CT molecular complexity index is 544. The maximum absolute atomic E-state index is 11.6. The highest BCUT2D eigenvalue weighted by atomic mass is 32.1. The van der Waals surface area contributed by atoms with Gasteiger partial charge >= 0.3 is 5.97 Å². The SMILES string of the molecule is O=C(O)c1coc(C(=O)NCCc2ccsc2)c1. The second-order valence-corrected chi connectivity index (χ2v) is 4.42. The molecule has 0 radical (unpaired) electrons. The van der Waals surface area contributed by atoms with Crippen molar-refractivity contribution in [2.75, 3.05) is 6.54 Å². The van der Waals surface area contributed by atoms with Crippen LogP contribution >= 0.6 is 11.3 Å². The molecule has 2 N–H and O–H groups in total. The van der Waals surface area contributed by atoms with Crippen LogP contribution in [0.15, 0.2) is 33.6 Å². The van der Waals surface area contributed by atoms with Crippen molar-refractivity contribution >= 4 is 23.2 Å². The molecule has 2 heterocycles. The van der Waals surface area contributed by atoms with Gasteiger partial charge in [0.05, 0.1) is 5.56 Å². The van der Waals surface area contributed by atoms with Gasteiger partial charge in [-0.1, -0.05) is 0 Å². The fourth-order valence-electron chi connectivity index (χ4n) is 1.41. The van der Waals surface area contributed by atoms with Crippen molar-refractivity contribution in [3.8, 4) is 0 Å². The lowest BCUT2D eigenvalue weighted by atomic mass is 10.2. The Kier molecular flexibility index (Phi) is 3.78. The molecule has 1 amide bonds. The summed E-state index contributed by atoms with van der Waals surface area (Å²) < 4.78 is 4.88. The number of carboxylic acids is 1. The van der Waals surface area contributed by atoms with E-state index < -0.39 is 11.9 Å². The van der Waals surface area contributed by atoms with Crippen LogP contribution in [-0.2, 0) is 6.42 Å². The van der Waals surface area contributed by atoms with E-state index in [2.05, 4.69) is 5.32 Å². The Balaban J connectivity index is 1.85. The zero-order chi connectivity index (χ0) is 13.0. The van der Waals surface area contributed by atoms with Crippen molar-refractivity contribution in [2.24, 2.45) is 0 Å². The molecule has 2 aromatic heterocycles. The van der Waals surface area contributed by atoms with Gasteiger partial charge in [-0.2, -0.15) is 11.3 Å². The van der Waals surface area contributed by atoms with Gasteiger partial charge in [0.2, 0.25) is 0 Å². The number of nitrogens with one attached hydrogen (secondary N) is 1. The number of rotatable bonds is 5. The molecule has 0 bridgehead atoms. The van der Waals surface area contributed by atoms with E-state index in [1.54, 1.807) is 11.3 Å². The maximum Gasteiger partial charge on any atom is 0.338 e. The van der Waals surface area contributed by atoms with Crippen molar-refractivity contribution in [2.45, 2.75) is 6.42 Å². The predicted octanol–water partition coefficient (Wildman–Crippen LogP) is 2.01. The summed E-state index contributed by atoms with van der Waals surface area (Å²) in [6, 6.07) is 3.20. The number of carbonyl (C=O) groups is 2. The lowest BCUT2D eigenvalue weighted by molar-refractivity contribution is 0.0696. The number of hydrogen-bond donors (Lipinski definition) is 2. The lowest BCUT2D eigenvalue weighted by Gasteiger charge is -2.01. The first kappa shape index (κ1) is 12.4. The van der Waals surface area contributed by atoms with E-state index in [0.717, 1.165) is 18.2 Å². The molecule has 0 aliphatic heterocycles. The largest absolute Gasteiger partial charge is 0.478 e. The van der Waals surface area contributed by atoms with Gasteiger partial charge in [-0.05, 0) is 28.8 Å². The molecular weight excluding hydrogens is 254 g/mol. The van der Waals surface area contributed by atoms with Crippen LogP contribution in [0, 0.1) is 0 Å². The molecule has 18 heavy (non-hydrogen) atoms. The predicted molar refractivity (Wildman–Crippen MR) is 66.0 cm³/mol. The zero-order valence-electron chi connectivity index (χ0n) is 9.38. The van der Waals surface area contributed by atoms with Crippen LogP contribution in [0.2, 0.25) is 0 Å². The summed E-state index contributed by atoms with van der Waals surface area (Å²) in [5.41, 5.74) is 1.13. The molecular formula is C12H11NO4S. The summed E-state index contributed by atoms with van der Waals surface area (Å²) in [5.74, 6) is -1.51. The molecule has 0 saturated carbocycles. The second kappa shape index (κ2) is 5.50. The molecule has 2 aromatic rings. The van der Waals surface area contributed by atoms with E-state index in [0.29, 0.717) is 6.54 Å². The first-order valence-electron chi connectivity index (χ1n) is 5.28. The van der Waals surface area contributed by atoms with Gasteiger partial charge in [0.1, 0.15) is 6.26 Å². The van der Waals surface area contributed by atoms with E-state index >= 15 is 0 Å². The van der Waals surface area contributed by atoms with E-state index in [1.807, 2.05) is 16.8 Å². The molecule has 0 aliphatic rings. The number of thiophene rings is 1. The van der Waals surface area contributed by atoms with Crippen molar-refractivity contribution in [3.05, 3.63) is 46.0 Å². The zero-order valence-corrected chi connectivity index (χ0v) is 10.2. The Morgan fingerprint density at radius 1 is 1.44 bits per heavy atom. The van der Waals surface area contributed by atoms with E-state index in [4.69, 9.17) is 9.52 Å². The van der Waals surface area contributed by atoms with Crippen LogP contribution < -0.4 is 5.32 Å². The van der Waals surface area contributed by atoms with E-state index in [9.17, 15) is 9.59 Å². The Morgan fingerprint density at radius 3 is 2.89 bits per heavy atom. The highest BCUT2D eigenvalue weighted by Crippen LogP contribution is 2.08. The standard InChI is InChI=1S/C12H11NO4S/c14-11(10-5-9(6-17-10)12(15)16)13-3-1-8-2-4-18-7-8/h2,4-7H,1,3H2,(H,13,14)(H,15,16). The Labute approximate surface area is 107 Å². The van der Waals surface area contributed by atoms with Crippen LogP contribution in [0.25, 0.3) is 0 Å². The Hall–Kier alpha value is -2.08. The minimum atomic E-state index is -1.11. The van der Waals surface area contributed by atoms with Gasteiger partial charge in [-0.25, -0.2) is 4.79 Å². The summed E-state index contributed by atoms with van der Waals surface area (Å²) in [6.45, 7) is 0.485. The van der Waals surface area contributed by atoms with Crippen LogP contribution in [-0.4, -0.2) is 23.5 Å². The third kappa shape index (κ3) is 2.98. The van der Waals surface area contributed by atoms with Crippen LogP contribution in [0.3, 0.4) is 0 Å². The molecule has 5 nitrogen and oxygen atoms in total. The third-order valence-electron chi connectivity index (χ3n) is 2.35. The molecule has 0 saturated heterocycles. The van der Waals surface area contributed by atoms with Crippen LogP contribution in [0.5, 0.6) is 0 Å². The summed E-state index contributed by atoms with van der Waals surface area (Å²) >= 11 is 1.60. The van der Waals surface area contributed by atoms with Crippen molar-refractivity contribution < 1.29 is 19.1 Å². The van der Waals surface area contributed by atoms with Crippen LogP contribution in [0.1, 0.15) is 26.5 Å². The molecule has 6 heteroatoms. The van der Waals surface area contributed by atoms with Gasteiger partial charge in [0, 0.05) is 12.6 Å². The quantitative estimate of drug-likeness (QED) is 0.866. The molecule has 94 valence electrons. The molecule has 0 atom stereocenters. The molecule has 0 spiro atoms. The monoisotopic (exact) mass is 265 g/mol. The summed E-state index contributed by atoms with van der Waals surface area (Å²) in [6.07, 6.45) is 1.79. The van der Waals surface area contributed by atoms with Gasteiger partial charge in [0.15, 0.2) is 5.76 Å². The Morgan fingerprint density at radius 2 is 2.28 bits per heavy atom. The first-order valence-corrected chi connectivity index (χ1v) is 6.22. The number of amides is 1. The molecule has 2 rings (SSSR count). The normalized spacial score (nSPS) is 10.2. The van der Waals surface area contributed by atoms with E-state index in [1.165, 1.54) is 6.07 Å². The van der Waals surface area contributed by atoms with Crippen molar-refractivity contribution in [1.29, 1.82) is 0 Å². The van der Waals surface area contributed by atoms with Gasteiger partial charge in [-0.3, -0.25) is 4.79 Å². The fourth-order valence-corrected chi connectivity index (χ4v) is 2.11. The summed E-state index contributed by atoms with van der Waals surface area (Å²) in [7, 11) is 0. The van der Waals surface area contributed by atoms with Gasteiger partial charge in [0.25, 0.3) is 5.91 Å². The minimum absolute atomic E-state index is 0.0118. The van der Waals surface area contributed by atoms with Gasteiger partial charge < -0.3 is 14.8 Å². The lowest BCUT2D eigenvalue weighted by Crippen LogP contribution is -2.25. The fraction of sp³-hybridized carbons (Fsp3) is 0.167. The molecule has 0 unspecified atom stereocenters. The molecule has 0 aliphatic carbocycles.